The summed E-state index contributed by atoms with van der Waals surface area (Å²) < 4.78 is 2.60. The summed E-state index contributed by atoms with van der Waals surface area (Å²) in [6.07, 6.45) is 0. The van der Waals surface area contributed by atoms with E-state index in [-0.39, 0.29) is 0 Å². The van der Waals surface area contributed by atoms with Crippen LogP contribution < -0.4 is 0 Å². The van der Waals surface area contributed by atoms with Gasteiger partial charge in [-0.1, -0.05) is 188 Å². The Hall–Kier alpha value is -7.72. The van der Waals surface area contributed by atoms with Crippen molar-refractivity contribution in [1.82, 2.24) is 9.97 Å². The van der Waals surface area contributed by atoms with Crippen LogP contribution in [0.2, 0.25) is 0 Å². The highest BCUT2D eigenvalue weighted by atomic mass is 32.1. The zero-order valence-electron chi connectivity index (χ0n) is 33.1. The maximum absolute atomic E-state index is 5.38. The molecule has 61 heavy (non-hydrogen) atoms. The van der Waals surface area contributed by atoms with Gasteiger partial charge in [0, 0.05) is 36.9 Å². The van der Waals surface area contributed by atoms with Crippen molar-refractivity contribution in [2.45, 2.75) is 0 Å². The fourth-order valence-electron chi connectivity index (χ4n) is 9.10. The molecule has 0 aliphatic heterocycles. The minimum atomic E-state index is 0.689. The molecule has 0 aliphatic carbocycles. The van der Waals surface area contributed by atoms with Crippen LogP contribution in [0.4, 0.5) is 0 Å². The molecule has 12 rings (SSSR count). The number of rotatable bonds is 6. The predicted molar refractivity (Wildman–Crippen MR) is 260 cm³/mol. The highest BCUT2D eigenvalue weighted by Crippen LogP contribution is 2.42. The largest absolute Gasteiger partial charge is 0.228 e. The second-order valence-corrected chi connectivity index (χ2v) is 16.8. The van der Waals surface area contributed by atoms with Gasteiger partial charge in [-0.2, -0.15) is 0 Å². The normalized spacial score (nSPS) is 11.6. The molecule has 0 saturated heterocycles. The highest BCUT2D eigenvalue weighted by molar-refractivity contribution is 7.25. The van der Waals surface area contributed by atoms with Crippen LogP contribution in [0, 0.1) is 0 Å². The fraction of sp³-hybridized carbons (Fsp3) is 0. The first kappa shape index (κ1) is 35.2. The van der Waals surface area contributed by atoms with Crippen molar-refractivity contribution in [3.05, 3.63) is 218 Å². The van der Waals surface area contributed by atoms with E-state index in [4.69, 9.17) is 9.97 Å². The molecule has 0 amide bonds. The smallest absolute Gasteiger partial charge is 0.160 e. The van der Waals surface area contributed by atoms with Gasteiger partial charge >= 0.3 is 0 Å². The maximum Gasteiger partial charge on any atom is 0.160 e. The summed E-state index contributed by atoms with van der Waals surface area (Å²) in [5.41, 5.74) is 11.9. The Kier molecular flexibility index (Phi) is 8.39. The summed E-state index contributed by atoms with van der Waals surface area (Å²) in [6, 6.07) is 78.7. The lowest BCUT2D eigenvalue weighted by atomic mass is 9.89. The van der Waals surface area contributed by atoms with E-state index in [0.29, 0.717) is 5.82 Å². The highest BCUT2D eigenvalue weighted by Gasteiger charge is 2.17. The molecular weight excluding hydrogens is 757 g/mol. The lowest BCUT2D eigenvalue weighted by molar-refractivity contribution is 1.18. The molecule has 284 valence electrons. The number of fused-ring (bicyclic) bond motifs is 7. The molecule has 10 aromatic carbocycles. The molecule has 0 N–H and O–H groups in total. The third kappa shape index (κ3) is 6.18. The van der Waals surface area contributed by atoms with Crippen LogP contribution in [0.25, 0.3) is 120 Å². The van der Waals surface area contributed by atoms with E-state index >= 15 is 0 Å². The lowest BCUT2D eigenvalue weighted by Crippen LogP contribution is -1.97. The third-order valence-electron chi connectivity index (χ3n) is 12.1. The summed E-state index contributed by atoms with van der Waals surface area (Å²) in [4.78, 5) is 10.7. The second kappa shape index (κ2) is 14.5. The molecule has 0 fully saturated rings. The Bertz CT molecular complexity index is 3620. The van der Waals surface area contributed by atoms with E-state index < -0.39 is 0 Å². The summed E-state index contributed by atoms with van der Waals surface area (Å²) in [5, 5.41) is 10.1. The Morgan fingerprint density at radius 3 is 1.70 bits per heavy atom. The second-order valence-electron chi connectivity index (χ2n) is 15.7. The zero-order valence-corrected chi connectivity index (χ0v) is 33.9. The average molecular weight is 793 g/mol. The summed E-state index contributed by atoms with van der Waals surface area (Å²) in [6.45, 7) is 0. The van der Waals surface area contributed by atoms with Crippen LogP contribution in [-0.4, -0.2) is 9.97 Å². The summed E-state index contributed by atoms with van der Waals surface area (Å²) in [5.74, 6) is 0.689. The average Bonchev–Trinajstić information content (AvgIpc) is 3.71. The van der Waals surface area contributed by atoms with E-state index in [2.05, 4.69) is 218 Å². The van der Waals surface area contributed by atoms with Crippen LogP contribution >= 0.6 is 11.3 Å². The van der Waals surface area contributed by atoms with Gasteiger partial charge in [-0.15, -0.1) is 11.3 Å². The Morgan fingerprint density at radius 2 is 0.869 bits per heavy atom. The molecular formula is C58H36N2S. The molecule has 0 radical (unpaired) electrons. The molecule has 0 spiro atoms. The molecule has 2 heterocycles. The first-order valence-electron chi connectivity index (χ1n) is 20.7. The van der Waals surface area contributed by atoms with E-state index in [1.165, 1.54) is 74.7 Å². The van der Waals surface area contributed by atoms with Gasteiger partial charge in [-0.05, 0) is 96.0 Å². The van der Waals surface area contributed by atoms with Gasteiger partial charge in [0.1, 0.15) is 0 Å². The number of benzene rings is 10. The fourth-order valence-corrected chi connectivity index (χ4v) is 10.2. The van der Waals surface area contributed by atoms with Gasteiger partial charge in [0.2, 0.25) is 0 Å². The van der Waals surface area contributed by atoms with Crippen molar-refractivity contribution in [3.8, 4) is 67.3 Å². The van der Waals surface area contributed by atoms with Gasteiger partial charge in [0.25, 0.3) is 0 Å². The van der Waals surface area contributed by atoms with Crippen LogP contribution in [0.1, 0.15) is 0 Å². The van der Waals surface area contributed by atoms with E-state index in [1.807, 2.05) is 11.3 Å². The molecule has 0 aliphatic rings. The number of aromatic nitrogens is 2. The van der Waals surface area contributed by atoms with E-state index in [9.17, 15) is 0 Å². The van der Waals surface area contributed by atoms with Crippen molar-refractivity contribution < 1.29 is 0 Å². The third-order valence-corrected chi connectivity index (χ3v) is 13.3. The first-order valence-corrected chi connectivity index (χ1v) is 21.5. The number of hydrogen-bond donors (Lipinski definition) is 0. The maximum atomic E-state index is 5.38. The molecule has 2 aromatic heterocycles. The molecule has 3 heteroatoms. The zero-order chi connectivity index (χ0) is 40.3. The summed E-state index contributed by atoms with van der Waals surface area (Å²) in [7, 11) is 0. The number of thiophene rings is 1. The van der Waals surface area contributed by atoms with Crippen LogP contribution in [0.15, 0.2) is 218 Å². The Labute approximate surface area is 357 Å². The quantitative estimate of drug-likeness (QED) is 0.124. The minimum absolute atomic E-state index is 0.689. The van der Waals surface area contributed by atoms with Crippen LogP contribution in [0.5, 0.6) is 0 Å². The van der Waals surface area contributed by atoms with E-state index in [0.717, 1.165) is 39.2 Å². The molecule has 2 nitrogen and oxygen atoms in total. The summed E-state index contributed by atoms with van der Waals surface area (Å²) >= 11 is 1.84. The lowest BCUT2D eigenvalue weighted by Gasteiger charge is -2.15. The number of hydrogen-bond acceptors (Lipinski definition) is 3. The van der Waals surface area contributed by atoms with Crippen molar-refractivity contribution in [2.75, 3.05) is 0 Å². The van der Waals surface area contributed by atoms with Gasteiger partial charge < -0.3 is 0 Å². The van der Waals surface area contributed by atoms with Crippen molar-refractivity contribution in [3.63, 3.8) is 0 Å². The van der Waals surface area contributed by atoms with Gasteiger partial charge in [-0.3, -0.25) is 0 Å². The van der Waals surface area contributed by atoms with Crippen molar-refractivity contribution >= 4 is 63.8 Å². The van der Waals surface area contributed by atoms with Crippen LogP contribution in [0.3, 0.4) is 0 Å². The molecule has 12 aromatic rings. The Balaban J connectivity index is 1.01. The van der Waals surface area contributed by atoms with Gasteiger partial charge in [0.15, 0.2) is 5.82 Å². The molecule has 0 saturated carbocycles. The monoisotopic (exact) mass is 792 g/mol. The molecule has 0 atom stereocenters. The standard InChI is InChI=1S/C58H36N2S/c1-2-12-37(13-3-1)38-22-24-40(25-23-38)53-36-54(48-19-9-8-17-46(48)44-31-33-56-52(35-44)49-20-10-11-21-55(49)61-56)60-58(59-53)42-28-26-41(27-29-42)57-47-18-7-5-15-43(47)34-51-45-16-6-4-14-39(45)30-32-50(51)57/h1-36H. The van der Waals surface area contributed by atoms with E-state index in [1.54, 1.807) is 0 Å². The van der Waals surface area contributed by atoms with Crippen molar-refractivity contribution in [1.29, 1.82) is 0 Å². The van der Waals surface area contributed by atoms with Gasteiger partial charge in [-0.25, -0.2) is 9.97 Å². The Morgan fingerprint density at radius 1 is 0.279 bits per heavy atom. The minimum Gasteiger partial charge on any atom is -0.228 e. The number of nitrogens with zero attached hydrogens (tertiary/aromatic N) is 2. The first-order chi connectivity index (χ1) is 30.2. The van der Waals surface area contributed by atoms with Crippen LogP contribution in [-0.2, 0) is 0 Å². The predicted octanol–water partition coefficient (Wildman–Crippen LogP) is 16.3. The molecule has 0 bridgehead atoms. The SMILES string of the molecule is c1ccc(-c2ccc(-c3cc(-c4ccccc4-c4ccc5sc6ccccc6c5c4)nc(-c4ccc(-c5c6ccccc6cc6c5ccc5ccccc56)cc4)n3)cc2)cc1. The van der Waals surface area contributed by atoms with Crippen molar-refractivity contribution in [2.24, 2.45) is 0 Å². The topological polar surface area (TPSA) is 25.8 Å². The van der Waals surface area contributed by atoms with Gasteiger partial charge in [0.05, 0.1) is 11.4 Å². The molecule has 0 unspecified atom stereocenters.